The molecule has 0 heterocycles. The first-order valence-electron chi connectivity index (χ1n) is 14.7. The van der Waals surface area contributed by atoms with Crippen LogP contribution >= 0.6 is 0 Å². The molecule has 0 fully saturated rings. The largest absolute Gasteiger partial charge is 0.494 e. The quantitative estimate of drug-likeness (QED) is 0.207. The number of anilines is 1. The number of amides is 2. The van der Waals surface area contributed by atoms with E-state index in [-0.39, 0.29) is 23.8 Å². The Morgan fingerprint density at radius 2 is 1.43 bits per heavy atom. The number of benzene rings is 4. The molecule has 1 unspecified atom stereocenters. The smallest absolute Gasteiger partial charge is 0.264 e. The number of carbonyl (C=O) groups is 2. The molecule has 8 nitrogen and oxygen atoms in total. The second-order valence-corrected chi connectivity index (χ2v) is 12.2. The summed E-state index contributed by atoms with van der Waals surface area (Å²) >= 11 is 0. The number of nitrogens with zero attached hydrogens (tertiary/aromatic N) is 2. The number of likely N-dealkylation sites (N-methyl/N-ethyl adjacent to an activating group) is 1. The van der Waals surface area contributed by atoms with Gasteiger partial charge in [0.25, 0.3) is 10.0 Å². The zero-order valence-corrected chi connectivity index (χ0v) is 26.2. The second-order valence-electron chi connectivity index (χ2n) is 10.3. The molecule has 2 amide bonds. The second kappa shape index (κ2) is 15.2. The van der Waals surface area contributed by atoms with Gasteiger partial charge in [-0.15, -0.1) is 0 Å². The van der Waals surface area contributed by atoms with E-state index >= 15 is 0 Å². The summed E-state index contributed by atoms with van der Waals surface area (Å²) in [7, 11) is -4.16. The minimum absolute atomic E-state index is 0.0525. The predicted octanol–water partition coefficient (Wildman–Crippen LogP) is 5.37. The van der Waals surface area contributed by atoms with Crippen molar-refractivity contribution in [1.29, 1.82) is 0 Å². The van der Waals surface area contributed by atoms with Gasteiger partial charge in [0, 0.05) is 19.5 Å². The van der Waals surface area contributed by atoms with Gasteiger partial charge in [-0.2, -0.15) is 0 Å². The van der Waals surface area contributed by atoms with Crippen molar-refractivity contribution in [3.63, 3.8) is 0 Å². The van der Waals surface area contributed by atoms with Crippen LogP contribution in [-0.2, 0) is 32.6 Å². The third-order valence-corrected chi connectivity index (χ3v) is 9.06. The summed E-state index contributed by atoms with van der Waals surface area (Å²) in [5.41, 5.74) is 3.01. The van der Waals surface area contributed by atoms with Crippen LogP contribution in [0.1, 0.15) is 30.5 Å². The summed E-state index contributed by atoms with van der Waals surface area (Å²) in [5.74, 6) is -0.231. The molecule has 0 aromatic heterocycles. The summed E-state index contributed by atoms with van der Waals surface area (Å²) < 4.78 is 34.8. The highest BCUT2D eigenvalue weighted by atomic mass is 32.2. The lowest BCUT2D eigenvalue weighted by Crippen LogP contribution is -2.53. The van der Waals surface area contributed by atoms with Crippen molar-refractivity contribution in [2.75, 3.05) is 24.0 Å². The molecule has 0 saturated heterocycles. The molecule has 1 N–H and O–H groups in total. The fourth-order valence-corrected chi connectivity index (χ4v) is 6.38. The van der Waals surface area contributed by atoms with Gasteiger partial charge >= 0.3 is 0 Å². The van der Waals surface area contributed by atoms with E-state index in [4.69, 9.17) is 4.74 Å². The van der Waals surface area contributed by atoms with Gasteiger partial charge < -0.3 is 15.0 Å². The monoisotopic (exact) mass is 613 g/mol. The SMILES string of the molecule is CCNC(=O)C(Cc1ccccc1)N(Cc1ccccc1C)C(=O)CN(c1ccc(OCC)cc1)S(=O)(=O)c1ccccc1. The van der Waals surface area contributed by atoms with Gasteiger partial charge in [-0.25, -0.2) is 8.42 Å². The fraction of sp³-hybridized carbons (Fsp3) is 0.257. The van der Waals surface area contributed by atoms with Crippen molar-refractivity contribution < 1.29 is 22.7 Å². The van der Waals surface area contributed by atoms with Crippen LogP contribution in [0, 0.1) is 6.92 Å². The molecule has 4 aromatic carbocycles. The summed E-state index contributed by atoms with van der Waals surface area (Å²) in [6, 6.07) is 30.9. The molecular formula is C35H39N3O5S. The van der Waals surface area contributed by atoms with Crippen molar-refractivity contribution in [3.05, 3.63) is 126 Å². The maximum Gasteiger partial charge on any atom is 0.264 e. The van der Waals surface area contributed by atoms with Gasteiger partial charge in [0.2, 0.25) is 11.8 Å². The number of carbonyl (C=O) groups excluding carboxylic acids is 2. The van der Waals surface area contributed by atoms with E-state index in [1.165, 1.54) is 17.0 Å². The summed E-state index contributed by atoms with van der Waals surface area (Å²) in [6.45, 7) is 6.10. The zero-order chi connectivity index (χ0) is 31.5. The summed E-state index contributed by atoms with van der Waals surface area (Å²) in [5, 5.41) is 2.88. The van der Waals surface area contributed by atoms with Gasteiger partial charge in [0.15, 0.2) is 0 Å². The Bertz CT molecular complexity index is 1630. The Morgan fingerprint density at radius 3 is 2.05 bits per heavy atom. The number of sulfonamides is 1. The Balaban J connectivity index is 1.79. The molecule has 0 radical (unpaired) electrons. The molecule has 44 heavy (non-hydrogen) atoms. The minimum atomic E-state index is -4.16. The van der Waals surface area contributed by atoms with Crippen LogP contribution in [0.3, 0.4) is 0 Å². The molecule has 0 spiro atoms. The van der Waals surface area contributed by atoms with E-state index in [9.17, 15) is 18.0 Å². The van der Waals surface area contributed by atoms with Crippen molar-refractivity contribution in [3.8, 4) is 5.75 Å². The lowest BCUT2D eigenvalue weighted by atomic mass is 10.0. The highest BCUT2D eigenvalue weighted by molar-refractivity contribution is 7.92. The lowest BCUT2D eigenvalue weighted by molar-refractivity contribution is -0.140. The van der Waals surface area contributed by atoms with Gasteiger partial charge in [0.05, 0.1) is 17.2 Å². The Morgan fingerprint density at radius 1 is 0.818 bits per heavy atom. The number of hydrogen-bond donors (Lipinski definition) is 1. The molecule has 1 atom stereocenters. The first-order valence-corrected chi connectivity index (χ1v) is 16.1. The van der Waals surface area contributed by atoms with Crippen LogP contribution in [0.2, 0.25) is 0 Å². The van der Waals surface area contributed by atoms with E-state index in [2.05, 4.69) is 5.32 Å². The number of rotatable bonds is 14. The molecule has 9 heteroatoms. The average molecular weight is 614 g/mol. The topological polar surface area (TPSA) is 96.0 Å². The van der Waals surface area contributed by atoms with E-state index in [0.29, 0.717) is 24.6 Å². The van der Waals surface area contributed by atoms with Gasteiger partial charge in [-0.3, -0.25) is 13.9 Å². The van der Waals surface area contributed by atoms with Crippen molar-refractivity contribution in [2.24, 2.45) is 0 Å². The van der Waals surface area contributed by atoms with E-state index in [1.807, 2.05) is 75.4 Å². The maximum atomic E-state index is 14.4. The van der Waals surface area contributed by atoms with Crippen LogP contribution in [0.15, 0.2) is 114 Å². The lowest BCUT2D eigenvalue weighted by Gasteiger charge is -2.34. The molecule has 0 aliphatic rings. The zero-order valence-electron chi connectivity index (χ0n) is 25.3. The molecule has 4 aromatic rings. The van der Waals surface area contributed by atoms with Gasteiger partial charge in [0.1, 0.15) is 18.3 Å². The predicted molar refractivity (Wildman–Crippen MR) is 173 cm³/mol. The standard InChI is InChI=1S/C35H39N3O5S/c1-4-36-35(40)33(24-28-15-8-6-9-16-28)37(25-29-17-13-12-14-27(29)3)34(39)26-38(30-20-22-31(23-21-30)43-5-2)44(41,42)32-18-10-7-11-19-32/h6-23,33H,4-5,24-26H2,1-3H3,(H,36,40). The molecule has 0 bridgehead atoms. The fourth-order valence-electron chi connectivity index (χ4n) is 4.94. The van der Waals surface area contributed by atoms with Gasteiger partial charge in [-0.1, -0.05) is 72.8 Å². The van der Waals surface area contributed by atoms with Crippen LogP contribution in [0.4, 0.5) is 5.69 Å². The number of hydrogen-bond acceptors (Lipinski definition) is 5. The highest BCUT2D eigenvalue weighted by Crippen LogP contribution is 2.27. The van der Waals surface area contributed by atoms with Crippen LogP contribution in [-0.4, -0.2) is 50.9 Å². The van der Waals surface area contributed by atoms with Crippen molar-refractivity contribution in [2.45, 2.75) is 44.7 Å². The molecule has 0 saturated carbocycles. The minimum Gasteiger partial charge on any atom is -0.494 e. The van der Waals surface area contributed by atoms with Crippen LogP contribution in [0.5, 0.6) is 5.75 Å². The summed E-state index contributed by atoms with van der Waals surface area (Å²) in [6.07, 6.45) is 0.263. The van der Waals surface area contributed by atoms with Crippen LogP contribution < -0.4 is 14.4 Å². The van der Waals surface area contributed by atoms with Crippen molar-refractivity contribution in [1.82, 2.24) is 10.2 Å². The Kier molecular flexibility index (Phi) is 11.2. The molecular weight excluding hydrogens is 574 g/mol. The molecule has 230 valence electrons. The maximum absolute atomic E-state index is 14.4. The first-order chi connectivity index (χ1) is 21.2. The molecule has 4 rings (SSSR count). The Hall–Kier alpha value is -4.63. The normalized spacial score (nSPS) is 11.8. The average Bonchev–Trinajstić information content (AvgIpc) is 3.04. The van der Waals surface area contributed by atoms with Crippen LogP contribution in [0.25, 0.3) is 0 Å². The third-order valence-electron chi connectivity index (χ3n) is 7.27. The van der Waals surface area contributed by atoms with E-state index in [1.54, 1.807) is 42.5 Å². The number of aryl methyl sites for hydroxylation is 1. The van der Waals surface area contributed by atoms with E-state index in [0.717, 1.165) is 21.0 Å². The van der Waals surface area contributed by atoms with E-state index < -0.39 is 28.5 Å². The molecule has 0 aliphatic heterocycles. The third kappa shape index (κ3) is 8.05. The Labute approximate surface area is 260 Å². The number of nitrogens with one attached hydrogen (secondary N) is 1. The summed E-state index contributed by atoms with van der Waals surface area (Å²) in [4.78, 5) is 29.6. The first kappa shape index (κ1) is 32.3. The van der Waals surface area contributed by atoms with Crippen molar-refractivity contribution >= 4 is 27.5 Å². The molecule has 0 aliphatic carbocycles. The number of ether oxygens (including phenoxy) is 1. The highest BCUT2D eigenvalue weighted by Gasteiger charge is 2.34. The van der Waals surface area contributed by atoms with Gasteiger partial charge in [-0.05, 0) is 73.9 Å².